The van der Waals surface area contributed by atoms with Gasteiger partial charge in [0.05, 0.1) is 12.6 Å². The van der Waals surface area contributed by atoms with Crippen LogP contribution < -0.4 is 5.32 Å². The van der Waals surface area contributed by atoms with E-state index >= 15 is 0 Å². The summed E-state index contributed by atoms with van der Waals surface area (Å²) in [5.74, 6) is -0.0344. The van der Waals surface area contributed by atoms with Crippen LogP contribution in [0.25, 0.3) is 0 Å². The van der Waals surface area contributed by atoms with E-state index in [1.54, 1.807) is 18.2 Å². The molecule has 0 spiro atoms. The van der Waals surface area contributed by atoms with E-state index < -0.39 is 0 Å². The first-order chi connectivity index (χ1) is 9.11. The molecular formula is C14H15Cl2NO2. The number of carbonyl (C=O) groups is 1. The maximum atomic E-state index is 11.6. The Bertz CT molecular complexity index is 484. The Labute approximate surface area is 122 Å². The molecule has 5 heteroatoms. The molecule has 0 saturated carbocycles. The second-order valence-corrected chi connectivity index (χ2v) is 5.32. The van der Waals surface area contributed by atoms with Gasteiger partial charge in [-0.1, -0.05) is 29.8 Å². The van der Waals surface area contributed by atoms with Crippen LogP contribution in [-0.2, 0) is 9.53 Å². The van der Waals surface area contributed by atoms with Crippen molar-refractivity contribution < 1.29 is 9.53 Å². The molecule has 1 saturated heterocycles. The summed E-state index contributed by atoms with van der Waals surface area (Å²) in [6.07, 6.45) is 2.13. The molecule has 3 nitrogen and oxygen atoms in total. The zero-order valence-corrected chi connectivity index (χ0v) is 11.9. The van der Waals surface area contributed by atoms with Crippen LogP contribution in [0.4, 0.5) is 0 Å². The highest BCUT2D eigenvalue weighted by molar-refractivity contribution is 6.33. The maximum Gasteiger partial charge on any atom is 0.243 e. The van der Waals surface area contributed by atoms with Crippen LogP contribution in [0.5, 0.6) is 0 Å². The zero-order valence-electron chi connectivity index (χ0n) is 10.4. The average molecular weight is 300 g/mol. The Kier molecular flexibility index (Phi) is 4.86. The SMILES string of the molecule is C=CC(=O)N[C@@H](c1cc(Cl)ccc1Cl)[C@@H]1CCOC1. The van der Waals surface area contributed by atoms with Crippen LogP contribution in [0, 0.1) is 5.92 Å². The van der Waals surface area contributed by atoms with Crippen molar-refractivity contribution >= 4 is 29.1 Å². The first-order valence-electron chi connectivity index (χ1n) is 6.07. The first kappa shape index (κ1) is 14.4. The molecule has 1 fully saturated rings. The van der Waals surface area contributed by atoms with Crippen molar-refractivity contribution in [3.05, 3.63) is 46.5 Å². The molecule has 2 atom stereocenters. The highest BCUT2D eigenvalue weighted by Crippen LogP contribution is 2.34. The summed E-state index contributed by atoms with van der Waals surface area (Å²) in [4.78, 5) is 11.6. The number of amides is 1. The van der Waals surface area contributed by atoms with E-state index in [9.17, 15) is 4.79 Å². The van der Waals surface area contributed by atoms with Gasteiger partial charge in [0.25, 0.3) is 0 Å². The van der Waals surface area contributed by atoms with Crippen molar-refractivity contribution in [3.8, 4) is 0 Å². The molecule has 0 radical (unpaired) electrons. The van der Waals surface area contributed by atoms with Gasteiger partial charge in [0, 0.05) is 22.6 Å². The Morgan fingerprint density at radius 1 is 1.53 bits per heavy atom. The Hall–Kier alpha value is -1.03. The third-order valence-corrected chi connectivity index (χ3v) is 3.79. The summed E-state index contributed by atoms with van der Waals surface area (Å²) < 4.78 is 5.39. The fourth-order valence-corrected chi connectivity index (χ4v) is 2.65. The van der Waals surface area contributed by atoms with Gasteiger partial charge in [0.15, 0.2) is 0 Å². The van der Waals surface area contributed by atoms with Crippen LogP contribution in [0.3, 0.4) is 0 Å². The van der Waals surface area contributed by atoms with Crippen LogP contribution in [0.1, 0.15) is 18.0 Å². The van der Waals surface area contributed by atoms with Crippen LogP contribution >= 0.6 is 23.2 Å². The van der Waals surface area contributed by atoms with Gasteiger partial charge < -0.3 is 10.1 Å². The Morgan fingerprint density at radius 2 is 2.32 bits per heavy atom. The Balaban J connectivity index is 2.32. The summed E-state index contributed by atoms with van der Waals surface area (Å²) >= 11 is 12.2. The van der Waals surface area contributed by atoms with Gasteiger partial charge in [-0.25, -0.2) is 0 Å². The van der Waals surface area contributed by atoms with Crippen molar-refractivity contribution in [3.63, 3.8) is 0 Å². The minimum absolute atomic E-state index is 0.194. The summed E-state index contributed by atoms with van der Waals surface area (Å²) in [7, 11) is 0. The number of ether oxygens (including phenoxy) is 1. The third-order valence-electron chi connectivity index (χ3n) is 3.21. The first-order valence-corrected chi connectivity index (χ1v) is 6.83. The fourth-order valence-electron chi connectivity index (χ4n) is 2.23. The Morgan fingerprint density at radius 3 is 2.95 bits per heavy atom. The number of hydrogen-bond donors (Lipinski definition) is 1. The van der Waals surface area contributed by atoms with Crippen LogP contribution in [-0.4, -0.2) is 19.1 Å². The van der Waals surface area contributed by atoms with Gasteiger partial charge in [0.1, 0.15) is 0 Å². The van der Waals surface area contributed by atoms with Gasteiger partial charge in [-0.05, 0) is 36.3 Å². The molecule has 1 aromatic rings. The molecule has 0 aromatic heterocycles. The van der Waals surface area contributed by atoms with Crippen LogP contribution in [0.2, 0.25) is 10.0 Å². The van der Waals surface area contributed by atoms with E-state index in [1.807, 2.05) is 0 Å². The highest BCUT2D eigenvalue weighted by atomic mass is 35.5. The molecule has 1 amide bonds. The monoisotopic (exact) mass is 299 g/mol. The van der Waals surface area contributed by atoms with E-state index in [1.165, 1.54) is 6.08 Å². The van der Waals surface area contributed by atoms with Gasteiger partial charge in [-0.15, -0.1) is 0 Å². The zero-order chi connectivity index (χ0) is 13.8. The molecule has 2 rings (SSSR count). The summed E-state index contributed by atoms with van der Waals surface area (Å²) in [6.45, 7) is 4.77. The molecular weight excluding hydrogens is 285 g/mol. The molecule has 0 bridgehead atoms. The number of hydrogen-bond acceptors (Lipinski definition) is 2. The second-order valence-electron chi connectivity index (χ2n) is 4.48. The third kappa shape index (κ3) is 3.50. The minimum atomic E-state index is -0.229. The standard InChI is InChI=1S/C14H15Cl2NO2/c1-2-13(18)17-14(9-5-6-19-8-9)11-7-10(15)3-4-12(11)16/h2-4,7,9,14H,1,5-6,8H2,(H,17,18)/t9-,14-/m1/s1. The molecule has 0 unspecified atom stereocenters. The molecule has 0 aliphatic carbocycles. The van der Waals surface area contributed by atoms with Gasteiger partial charge >= 0.3 is 0 Å². The summed E-state index contributed by atoms with van der Waals surface area (Å²) in [5, 5.41) is 4.10. The largest absolute Gasteiger partial charge is 0.381 e. The molecule has 1 aliphatic heterocycles. The lowest BCUT2D eigenvalue weighted by atomic mass is 9.92. The summed E-state index contributed by atoms with van der Waals surface area (Å²) in [5.41, 5.74) is 0.819. The lowest BCUT2D eigenvalue weighted by Crippen LogP contribution is -2.32. The van der Waals surface area contributed by atoms with Crippen molar-refractivity contribution in [2.75, 3.05) is 13.2 Å². The highest BCUT2D eigenvalue weighted by Gasteiger charge is 2.29. The van der Waals surface area contributed by atoms with E-state index in [0.29, 0.717) is 23.3 Å². The van der Waals surface area contributed by atoms with E-state index in [-0.39, 0.29) is 17.9 Å². The topological polar surface area (TPSA) is 38.3 Å². The summed E-state index contributed by atoms with van der Waals surface area (Å²) in [6, 6.07) is 5.04. The molecule has 19 heavy (non-hydrogen) atoms. The number of nitrogens with one attached hydrogen (secondary N) is 1. The van der Waals surface area contributed by atoms with Crippen molar-refractivity contribution in [1.29, 1.82) is 0 Å². The smallest absolute Gasteiger partial charge is 0.243 e. The second kappa shape index (κ2) is 6.42. The fraction of sp³-hybridized carbons (Fsp3) is 0.357. The normalized spacial score (nSPS) is 20.0. The lowest BCUT2D eigenvalue weighted by molar-refractivity contribution is -0.117. The lowest BCUT2D eigenvalue weighted by Gasteiger charge is -2.24. The number of halogens is 2. The van der Waals surface area contributed by atoms with E-state index in [2.05, 4.69) is 11.9 Å². The predicted octanol–water partition coefficient (Wildman–Crippen LogP) is 3.37. The molecule has 102 valence electrons. The molecule has 1 aliphatic rings. The molecule has 1 heterocycles. The quantitative estimate of drug-likeness (QED) is 0.866. The van der Waals surface area contributed by atoms with Crippen LogP contribution in [0.15, 0.2) is 30.9 Å². The molecule has 1 aromatic carbocycles. The van der Waals surface area contributed by atoms with Gasteiger partial charge in [0.2, 0.25) is 5.91 Å². The van der Waals surface area contributed by atoms with Gasteiger partial charge in [-0.2, -0.15) is 0 Å². The van der Waals surface area contributed by atoms with Gasteiger partial charge in [-0.3, -0.25) is 4.79 Å². The predicted molar refractivity (Wildman–Crippen MR) is 76.5 cm³/mol. The van der Waals surface area contributed by atoms with Crippen molar-refractivity contribution in [1.82, 2.24) is 5.32 Å². The maximum absolute atomic E-state index is 11.6. The average Bonchev–Trinajstić information content (AvgIpc) is 2.92. The number of benzene rings is 1. The molecule has 1 N–H and O–H groups in total. The van der Waals surface area contributed by atoms with E-state index in [0.717, 1.165) is 12.0 Å². The van der Waals surface area contributed by atoms with Crippen molar-refractivity contribution in [2.45, 2.75) is 12.5 Å². The van der Waals surface area contributed by atoms with E-state index in [4.69, 9.17) is 27.9 Å². The number of rotatable bonds is 4. The van der Waals surface area contributed by atoms with Crippen molar-refractivity contribution in [2.24, 2.45) is 5.92 Å². The number of carbonyl (C=O) groups excluding carboxylic acids is 1. The minimum Gasteiger partial charge on any atom is -0.381 e.